The molecule has 1 aromatic rings. The highest BCUT2D eigenvalue weighted by Crippen LogP contribution is 2.13. The van der Waals surface area contributed by atoms with Crippen LogP contribution in [0.2, 0.25) is 0 Å². The highest BCUT2D eigenvalue weighted by atomic mass is 32.2. The molecular formula is C15H26N2O3S. The van der Waals surface area contributed by atoms with Crippen molar-refractivity contribution in [2.45, 2.75) is 25.7 Å². The molecule has 0 aliphatic rings. The van der Waals surface area contributed by atoms with Crippen LogP contribution in [0.3, 0.4) is 0 Å². The molecule has 0 spiro atoms. The summed E-state index contributed by atoms with van der Waals surface area (Å²) in [6.07, 6.45) is 0.816. The molecule has 0 heterocycles. The quantitative estimate of drug-likeness (QED) is 0.746. The van der Waals surface area contributed by atoms with Crippen LogP contribution in [0.5, 0.6) is 0 Å². The zero-order valence-corrected chi connectivity index (χ0v) is 13.9. The molecule has 0 aliphatic heterocycles. The van der Waals surface area contributed by atoms with Crippen molar-refractivity contribution in [3.05, 3.63) is 35.4 Å². The third kappa shape index (κ3) is 6.13. The summed E-state index contributed by atoms with van der Waals surface area (Å²) in [5.41, 5.74) is 1.45. The Morgan fingerprint density at radius 3 is 2.38 bits per heavy atom. The van der Waals surface area contributed by atoms with Gasteiger partial charge in [0, 0.05) is 13.1 Å². The number of rotatable bonds is 9. The number of nitrogens with zero attached hydrogens (tertiary/aromatic N) is 2. The fraction of sp³-hybridized carbons (Fsp3) is 0.600. The fourth-order valence-electron chi connectivity index (χ4n) is 2.18. The van der Waals surface area contributed by atoms with Crippen LogP contribution in [0.4, 0.5) is 0 Å². The van der Waals surface area contributed by atoms with Crippen LogP contribution in [-0.2, 0) is 22.4 Å². The maximum absolute atomic E-state index is 12.5. The van der Waals surface area contributed by atoms with Gasteiger partial charge in [0.05, 0.1) is 12.4 Å². The third-order valence-electron chi connectivity index (χ3n) is 3.28. The monoisotopic (exact) mass is 314 g/mol. The Morgan fingerprint density at radius 1 is 1.14 bits per heavy atom. The van der Waals surface area contributed by atoms with Gasteiger partial charge in [-0.1, -0.05) is 31.2 Å². The number of hydrogen-bond acceptors (Lipinski definition) is 4. The normalized spacial score (nSPS) is 12.3. The van der Waals surface area contributed by atoms with Gasteiger partial charge in [0.1, 0.15) is 0 Å². The van der Waals surface area contributed by atoms with Gasteiger partial charge in [-0.3, -0.25) is 0 Å². The summed E-state index contributed by atoms with van der Waals surface area (Å²) >= 11 is 0. The fourth-order valence-corrected chi connectivity index (χ4v) is 3.76. The maximum Gasteiger partial charge on any atom is 0.218 e. The van der Waals surface area contributed by atoms with E-state index in [-0.39, 0.29) is 12.4 Å². The van der Waals surface area contributed by atoms with Crippen molar-refractivity contribution in [2.75, 3.05) is 33.7 Å². The van der Waals surface area contributed by atoms with E-state index in [0.717, 1.165) is 18.5 Å². The van der Waals surface area contributed by atoms with E-state index in [2.05, 4.69) is 0 Å². The topological polar surface area (TPSA) is 60.9 Å². The standard InChI is InChI=1S/C15H26N2O3S/c1-4-17(10-6-9-16(2)3)21(19,20)13-15-8-5-7-14(11-15)12-18/h5,7-8,11,18H,4,6,9-10,12-13H2,1-3H3. The predicted octanol–water partition coefficient (Wildman–Crippen LogP) is 1.28. The second-order valence-corrected chi connectivity index (χ2v) is 7.35. The van der Waals surface area contributed by atoms with E-state index >= 15 is 0 Å². The molecule has 0 amide bonds. The Kier molecular flexibility index (Phi) is 7.31. The molecule has 0 radical (unpaired) electrons. The smallest absolute Gasteiger partial charge is 0.218 e. The van der Waals surface area contributed by atoms with Crippen molar-refractivity contribution in [3.8, 4) is 0 Å². The number of aliphatic hydroxyl groups excluding tert-OH is 1. The minimum atomic E-state index is -3.32. The molecule has 1 rings (SSSR count). The molecule has 0 aromatic heterocycles. The first-order valence-electron chi connectivity index (χ1n) is 7.20. The van der Waals surface area contributed by atoms with Crippen LogP contribution < -0.4 is 0 Å². The Balaban J connectivity index is 2.72. The Morgan fingerprint density at radius 2 is 1.81 bits per heavy atom. The molecule has 0 unspecified atom stereocenters. The summed E-state index contributed by atoms with van der Waals surface area (Å²) in [7, 11) is 0.639. The van der Waals surface area contributed by atoms with Crippen molar-refractivity contribution in [1.29, 1.82) is 0 Å². The van der Waals surface area contributed by atoms with Gasteiger partial charge in [-0.05, 0) is 38.2 Å². The van der Waals surface area contributed by atoms with E-state index in [1.807, 2.05) is 25.9 Å². The molecule has 0 fully saturated rings. The Hall–Kier alpha value is -0.950. The van der Waals surface area contributed by atoms with Crippen LogP contribution in [0.25, 0.3) is 0 Å². The van der Waals surface area contributed by atoms with E-state index in [1.54, 1.807) is 24.3 Å². The summed E-state index contributed by atoms with van der Waals surface area (Å²) in [5, 5.41) is 9.12. The average Bonchev–Trinajstić information content (AvgIpc) is 2.42. The SMILES string of the molecule is CCN(CCCN(C)C)S(=O)(=O)Cc1cccc(CO)c1. The zero-order valence-electron chi connectivity index (χ0n) is 13.1. The molecular weight excluding hydrogens is 288 g/mol. The average molecular weight is 314 g/mol. The summed E-state index contributed by atoms with van der Waals surface area (Å²) in [6, 6.07) is 7.08. The number of sulfonamides is 1. The summed E-state index contributed by atoms with van der Waals surface area (Å²) in [5.74, 6) is -0.0172. The summed E-state index contributed by atoms with van der Waals surface area (Å²) < 4.78 is 26.4. The van der Waals surface area contributed by atoms with E-state index in [1.165, 1.54) is 4.31 Å². The van der Waals surface area contributed by atoms with Gasteiger partial charge in [-0.25, -0.2) is 12.7 Å². The van der Waals surface area contributed by atoms with Crippen LogP contribution in [0.15, 0.2) is 24.3 Å². The predicted molar refractivity (Wildman–Crippen MR) is 85.4 cm³/mol. The zero-order chi connectivity index (χ0) is 15.9. The van der Waals surface area contributed by atoms with Crippen LogP contribution in [0, 0.1) is 0 Å². The Bertz CT molecular complexity index is 529. The first-order valence-corrected chi connectivity index (χ1v) is 8.81. The van der Waals surface area contributed by atoms with Crippen molar-refractivity contribution in [3.63, 3.8) is 0 Å². The molecule has 0 bridgehead atoms. The molecule has 120 valence electrons. The van der Waals surface area contributed by atoms with E-state index in [0.29, 0.717) is 18.7 Å². The van der Waals surface area contributed by atoms with Gasteiger partial charge < -0.3 is 10.0 Å². The van der Waals surface area contributed by atoms with E-state index < -0.39 is 10.0 Å². The van der Waals surface area contributed by atoms with Gasteiger partial charge >= 0.3 is 0 Å². The van der Waals surface area contributed by atoms with Crippen molar-refractivity contribution in [2.24, 2.45) is 0 Å². The molecule has 1 N–H and O–H groups in total. The molecule has 0 aliphatic carbocycles. The van der Waals surface area contributed by atoms with Crippen molar-refractivity contribution in [1.82, 2.24) is 9.21 Å². The minimum Gasteiger partial charge on any atom is -0.392 e. The second kappa shape index (κ2) is 8.48. The minimum absolute atomic E-state index is 0.0172. The molecule has 0 atom stereocenters. The first kappa shape index (κ1) is 18.1. The van der Waals surface area contributed by atoms with Gasteiger partial charge in [0.25, 0.3) is 0 Å². The van der Waals surface area contributed by atoms with Crippen LogP contribution in [0.1, 0.15) is 24.5 Å². The van der Waals surface area contributed by atoms with E-state index in [9.17, 15) is 8.42 Å². The van der Waals surface area contributed by atoms with E-state index in [4.69, 9.17) is 5.11 Å². The van der Waals surface area contributed by atoms with Crippen LogP contribution >= 0.6 is 0 Å². The molecule has 5 nitrogen and oxygen atoms in total. The number of aliphatic hydroxyl groups is 1. The van der Waals surface area contributed by atoms with Gasteiger partial charge in [0.2, 0.25) is 10.0 Å². The lowest BCUT2D eigenvalue weighted by molar-refractivity contribution is 0.281. The first-order chi connectivity index (χ1) is 9.89. The largest absolute Gasteiger partial charge is 0.392 e. The van der Waals surface area contributed by atoms with Gasteiger partial charge in [-0.2, -0.15) is 0 Å². The maximum atomic E-state index is 12.5. The molecule has 1 aromatic carbocycles. The summed E-state index contributed by atoms with van der Waals surface area (Å²) in [6.45, 7) is 3.67. The number of benzene rings is 1. The van der Waals surface area contributed by atoms with Gasteiger partial charge in [0.15, 0.2) is 0 Å². The van der Waals surface area contributed by atoms with Crippen molar-refractivity contribution < 1.29 is 13.5 Å². The lowest BCUT2D eigenvalue weighted by Crippen LogP contribution is -2.34. The second-order valence-electron chi connectivity index (χ2n) is 5.38. The third-order valence-corrected chi connectivity index (χ3v) is 5.21. The highest BCUT2D eigenvalue weighted by molar-refractivity contribution is 7.88. The molecule has 0 saturated carbocycles. The Labute approximate surface area is 128 Å². The van der Waals surface area contributed by atoms with Crippen molar-refractivity contribution >= 4 is 10.0 Å². The number of hydrogen-bond donors (Lipinski definition) is 1. The summed E-state index contributed by atoms with van der Waals surface area (Å²) in [4.78, 5) is 2.05. The lowest BCUT2D eigenvalue weighted by Gasteiger charge is -2.21. The lowest BCUT2D eigenvalue weighted by atomic mass is 10.1. The highest BCUT2D eigenvalue weighted by Gasteiger charge is 2.20. The van der Waals surface area contributed by atoms with Gasteiger partial charge in [-0.15, -0.1) is 0 Å². The van der Waals surface area contributed by atoms with Crippen LogP contribution in [-0.4, -0.2) is 56.5 Å². The molecule has 21 heavy (non-hydrogen) atoms. The molecule has 6 heteroatoms. The molecule has 0 saturated heterocycles.